The van der Waals surface area contributed by atoms with E-state index >= 15 is 0 Å². The van der Waals surface area contributed by atoms with Gasteiger partial charge < -0.3 is 4.74 Å². The van der Waals surface area contributed by atoms with E-state index in [2.05, 4.69) is 23.8 Å². The van der Waals surface area contributed by atoms with Gasteiger partial charge in [0.05, 0.1) is 5.56 Å². The summed E-state index contributed by atoms with van der Waals surface area (Å²) in [5.74, 6) is -0.833. The second kappa shape index (κ2) is 17.5. The average molecular weight is 533 g/mol. The molecule has 3 rings (SSSR count). The van der Waals surface area contributed by atoms with Gasteiger partial charge in [-0.05, 0) is 67.1 Å². The second-order valence-corrected chi connectivity index (χ2v) is 10.5. The molecule has 0 aliphatic carbocycles. The lowest BCUT2D eigenvalue weighted by molar-refractivity contribution is 0.0728. The number of unbranched alkanes of at least 4 members (excludes halogenated alkanes) is 11. The van der Waals surface area contributed by atoms with Crippen molar-refractivity contribution < 1.29 is 13.9 Å². The second-order valence-electron chi connectivity index (χ2n) is 10.5. The van der Waals surface area contributed by atoms with E-state index in [1.54, 1.807) is 18.2 Å². The molecule has 0 spiro atoms. The molecule has 1 aromatic heterocycles. The van der Waals surface area contributed by atoms with Crippen molar-refractivity contribution in [3.8, 4) is 17.1 Å². The molecule has 0 amide bonds. The minimum Gasteiger partial charge on any atom is -0.420 e. The maximum Gasteiger partial charge on any atom is 0.343 e. The zero-order chi connectivity index (χ0) is 27.7. The number of carbonyl (C=O) groups is 1. The van der Waals surface area contributed by atoms with Gasteiger partial charge >= 0.3 is 5.97 Å². The van der Waals surface area contributed by atoms with Gasteiger partial charge in [-0.3, -0.25) is 0 Å². The van der Waals surface area contributed by atoms with Crippen LogP contribution in [0.5, 0.6) is 5.75 Å². The first-order valence-electron chi connectivity index (χ1n) is 15.0. The molecule has 0 atom stereocenters. The van der Waals surface area contributed by atoms with Gasteiger partial charge in [0.1, 0.15) is 0 Å². The lowest BCUT2D eigenvalue weighted by atomic mass is 10.0. The molecule has 1 heterocycles. The molecule has 210 valence electrons. The Kier molecular flexibility index (Phi) is 13.7. The molecule has 0 aliphatic heterocycles. The van der Waals surface area contributed by atoms with E-state index in [4.69, 9.17) is 4.74 Å². The number of carbonyl (C=O) groups excluding carboxylic acids is 1. The first kappa shape index (κ1) is 30.5. The van der Waals surface area contributed by atoms with Gasteiger partial charge in [0.25, 0.3) is 0 Å². The SMILES string of the molecule is CCCCCCCCCCc1cnc(-c2ccc(OC(=O)c3ccc(CCCCCCC)cc3)c(F)c2)nc1. The Morgan fingerprint density at radius 1 is 0.692 bits per heavy atom. The number of hydrogen-bond acceptors (Lipinski definition) is 4. The van der Waals surface area contributed by atoms with E-state index in [9.17, 15) is 9.18 Å². The fraction of sp³-hybridized carbons (Fsp3) is 0.500. The largest absolute Gasteiger partial charge is 0.420 e. The van der Waals surface area contributed by atoms with Crippen LogP contribution in [0.1, 0.15) is 119 Å². The van der Waals surface area contributed by atoms with Crippen molar-refractivity contribution in [3.05, 3.63) is 77.4 Å². The van der Waals surface area contributed by atoms with Crippen molar-refractivity contribution in [1.29, 1.82) is 0 Å². The molecule has 5 heteroatoms. The lowest BCUT2D eigenvalue weighted by Crippen LogP contribution is -2.09. The maximum atomic E-state index is 14.8. The highest BCUT2D eigenvalue weighted by Crippen LogP contribution is 2.25. The Hall–Kier alpha value is -3.08. The molecule has 39 heavy (non-hydrogen) atoms. The van der Waals surface area contributed by atoms with Gasteiger partial charge in [0.15, 0.2) is 17.4 Å². The number of rotatable bonds is 18. The highest BCUT2D eigenvalue weighted by atomic mass is 19.1. The molecule has 0 saturated carbocycles. The van der Waals surface area contributed by atoms with Crippen LogP contribution in [0.3, 0.4) is 0 Å². The molecule has 0 N–H and O–H groups in total. The molecular formula is C34H45FN2O2. The topological polar surface area (TPSA) is 52.1 Å². The monoisotopic (exact) mass is 532 g/mol. The summed E-state index contributed by atoms with van der Waals surface area (Å²) in [6, 6.07) is 11.9. The minimum atomic E-state index is -0.615. The first-order valence-corrected chi connectivity index (χ1v) is 15.0. The third-order valence-electron chi connectivity index (χ3n) is 7.18. The summed E-state index contributed by atoms with van der Waals surface area (Å²) < 4.78 is 20.1. The van der Waals surface area contributed by atoms with Crippen LogP contribution in [0.2, 0.25) is 0 Å². The summed E-state index contributed by atoms with van der Waals surface area (Å²) in [5, 5.41) is 0. The van der Waals surface area contributed by atoms with Crippen LogP contribution in [0, 0.1) is 5.82 Å². The predicted octanol–water partition coefficient (Wildman–Crippen LogP) is 9.70. The van der Waals surface area contributed by atoms with Crippen LogP contribution in [0.15, 0.2) is 54.9 Å². The average Bonchev–Trinajstić information content (AvgIpc) is 2.96. The number of ether oxygens (including phenoxy) is 1. The standard InChI is InChI=1S/C34H45FN2O2/c1-3-5-7-9-10-11-13-15-17-28-25-36-33(37-26-28)30-22-23-32(31(35)24-30)39-34(38)29-20-18-27(19-21-29)16-14-12-8-6-4-2/h18-26H,3-17H2,1-2H3. The van der Waals surface area contributed by atoms with Crippen LogP contribution in [-0.2, 0) is 12.8 Å². The normalized spacial score (nSPS) is 11.1. The highest BCUT2D eigenvalue weighted by molar-refractivity contribution is 5.91. The molecule has 0 saturated heterocycles. The van der Waals surface area contributed by atoms with E-state index in [-0.39, 0.29) is 5.75 Å². The number of nitrogens with zero attached hydrogens (tertiary/aromatic N) is 2. The quantitative estimate of drug-likeness (QED) is 0.0929. The molecule has 4 nitrogen and oxygen atoms in total. The third-order valence-corrected chi connectivity index (χ3v) is 7.18. The molecule has 3 aromatic rings. The van der Waals surface area contributed by atoms with Crippen molar-refractivity contribution in [2.24, 2.45) is 0 Å². The van der Waals surface area contributed by atoms with Crippen molar-refractivity contribution in [3.63, 3.8) is 0 Å². The highest BCUT2D eigenvalue weighted by Gasteiger charge is 2.14. The number of hydrogen-bond donors (Lipinski definition) is 0. The smallest absolute Gasteiger partial charge is 0.343 e. The summed E-state index contributed by atoms with van der Waals surface area (Å²) in [6.07, 6.45) is 22.0. The Balaban J connectivity index is 1.45. The number of halogens is 1. The Morgan fingerprint density at radius 3 is 1.79 bits per heavy atom. The Bertz CT molecular complexity index is 1110. The fourth-order valence-electron chi connectivity index (χ4n) is 4.72. The molecule has 0 fully saturated rings. The number of aryl methyl sites for hydroxylation is 2. The Morgan fingerprint density at radius 2 is 1.23 bits per heavy atom. The van der Waals surface area contributed by atoms with E-state index in [0.29, 0.717) is 17.0 Å². The van der Waals surface area contributed by atoms with E-state index in [1.807, 2.05) is 24.5 Å². The van der Waals surface area contributed by atoms with Crippen molar-refractivity contribution >= 4 is 5.97 Å². The van der Waals surface area contributed by atoms with Gasteiger partial charge in [-0.15, -0.1) is 0 Å². The number of esters is 1. The molecule has 2 aromatic carbocycles. The van der Waals surface area contributed by atoms with E-state index < -0.39 is 11.8 Å². The van der Waals surface area contributed by atoms with E-state index in [1.165, 1.54) is 88.3 Å². The van der Waals surface area contributed by atoms with Gasteiger partial charge in [0.2, 0.25) is 0 Å². The van der Waals surface area contributed by atoms with Crippen molar-refractivity contribution in [1.82, 2.24) is 9.97 Å². The maximum absolute atomic E-state index is 14.8. The zero-order valence-electron chi connectivity index (χ0n) is 23.9. The van der Waals surface area contributed by atoms with Crippen LogP contribution in [-0.4, -0.2) is 15.9 Å². The summed E-state index contributed by atoms with van der Waals surface area (Å²) in [7, 11) is 0. The van der Waals surface area contributed by atoms with Crippen LogP contribution in [0.25, 0.3) is 11.4 Å². The lowest BCUT2D eigenvalue weighted by Gasteiger charge is -2.08. The predicted molar refractivity (Wildman–Crippen MR) is 158 cm³/mol. The van der Waals surface area contributed by atoms with Gasteiger partial charge in [-0.1, -0.05) is 96.6 Å². The fourth-order valence-corrected chi connectivity index (χ4v) is 4.72. The molecule has 0 bridgehead atoms. The third kappa shape index (κ3) is 10.9. The van der Waals surface area contributed by atoms with Gasteiger partial charge in [-0.25, -0.2) is 19.2 Å². The summed E-state index contributed by atoms with van der Waals surface area (Å²) >= 11 is 0. The van der Waals surface area contributed by atoms with Crippen LogP contribution >= 0.6 is 0 Å². The van der Waals surface area contributed by atoms with Gasteiger partial charge in [0, 0.05) is 18.0 Å². The number of benzene rings is 2. The molecule has 0 radical (unpaired) electrons. The Labute approximate surface area is 234 Å². The molecule has 0 unspecified atom stereocenters. The van der Waals surface area contributed by atoms with Crippen LogP contribution in [0.4, 0.5) is 4.39 Å². The summed E-state index contributed by atoms with van der Waals surface area (Å²) in [6.45, 7) is 4.46. The van der Waals surface area contributed by atoms with Crippen molar-refractivity contribution in [2.45, 2.75) is 110 Å². The molecular weight excluding hydrogens is 487 g/mol. The minimum absolute atomic E-state index is 0.102. The zero-order valence-corrected chi connectivity index (χ0v) is 23.9. The number of aromatic nitrogens is 2. The summed E-state index contributed by atoms with van der Waals surface area (Å²) in [4.78, 5) is 21.4. The first-order chi connectivity index (χ1) is 19.1. The van der Waals surface area contributed by atoms with Gasteiger partial charge in [-0.2, -0.15) is 0 Å². The van der Waals surface area contributed by atoms with Crippen molar-refractivity contribution in [2.75, 3.05) is 0 Å². The van der Waals surface area contributed by atoms with Crippen LogP contribution < -0.4 is 4.74 Å². The molecule has 0 aliphatic rings. The van der Waals surface area contributed by atoms with E-state index in [0.717, 1.165) is 31.2 Å². The summed E-state index contributed by atoms with van der Waals surface area (Å²) in [5.41, 5.74) is 3.25.